The number of hydrogen-bond acceptors (Lipinski definition) is 6. The summed E-state index contributed by atoms with van der Waals surface area (Å²) in [6.45, 7) is 5.33. The molecule has 10 nitrogen and oxygen atoms in total. The number of pyridine rings is 1. The highest BCUT2D eigenvalue weighted by molar-refractivity contribution is 5.94. The summed E-state index contributed by atoms with van der Waals surface area (Å²) in [5.74, 6) is 2.43. The first kappa shape index (κ1) is 25.0. The predicted octanol–water partition coefficient (Wildman–Crippen LogP) is 4.44. The largest absolute Gasteiger partial charge is 0.493 e. The van der Waals surface area contributed by atoms with E-state index in [1.165, 1.54) is 0 Å². The minimum absolute atomic E-state index is 0.0341. The summed E-state index contributed by atoms with van der Waals surface area (Å²) >= 11 is 0. The Hall–Kier alpha value is -4.31. The third-order valence-electron chi connectivity index (χ3n) is 7.84. The van der Waals surface area contributed by atoms with Crippen molar-refractivity contribution in [2.75, 3.05) is 45.3 Å². The number of amides is 4. The highest BCUT2D eigenvalue weighted by Crippen LogP contribution is 2.42. The first-order chi connectivity index (χ1) is 18.9. The molecule has 0 radical (unpaired) electrons. The van der Waals surface area contributed by atoms with Gasteiger partial charge >= 0.3 is 12.1 Å². The molecule has 4 heterocycles. The van der Waals surface area contributed by atoms with Gasteiger partial charge in [0.2, 0.25) is 5.88 Å². The molecule has 1 N–H and O–H groups in total. The number of nitrogens with one attached hydrogen (secondary N) is 1. The number of benzene rings is 2. The Kier molecular flexibility index (Phi) is 6.26. The number of carbonyl (C=O) groups excluding carboxylic acids is 2. The van der Waals surface area contributed by atoms with E-state index < -0.39 is 0 Å². The molecule has 1 aromatic heterocycles. The van der Waals surface area contributed by atoms with Crippen LogP contribution in [0.2, 0.25) is 0 Å². The zero-order valence-corrected chi connectivity index (χ0v) is 22.3. The van der Waals surface area contributed by atoms with Gasteiger partial charge in [0.05, 0.1) is 27.0 Å². The second-order valence-corrected chi connectivity index (χ2v) is 10.2. The number of fused-ring (bicyclic) bond motifs is 1. The van der Waals surface area contributed by atoms with Crippen LogP contribution in [0.15, 0.2) is 54.7 Å². The summed E-state index contributed by atoms with van der Waals surface area (Å²) < 4.78 is 17.1. The molecule has 3 aliphatic rings. The normalized spacial score (nSPS) is 21.9. The number of aromatic nitrogens is 1. The van der Waals surface area contributed by atoms with E-state index in [4.69, 9.17) is 14.2 Å². The van der Waals surface area contributed by atoms with Crippen molar-refractivity contribution in [3.8, 4) is 23.1 Å². The van der Waals surface area contributed by atoms with Gasteiger partial charge in [0.15, 0.2) is 23.2 Å². The molecule has 39 heavy (non-hydrogen) atoms. The topological polar surface area (TPSA) is 93.2 Å². The van der Waals surface area contributed by atoms with Gasteiger partial charge in [-0.3, -0.25) is 10.2 Å². The van der Waals surface area contributed by atoms with Crippen LogP contribution in [-0.2, 0) is 6.54 Å². The number of hydrogen-bond donors (Lipinski definition) is 1. The Balaban J connectivity index is 1.13. The summed E-state index contributed by atoms with van der Waals surface area (Å²) in [4.78, 5) is 33.8. The average molecular weight is 531 g/mol. The zero-order chi connectivity index (χ0) is 27.1. The van der Waals surface area contributed by atoms with Gasteiger partial charge in [-0.15, -0.1) is 0 Å². The van der Waals surface area contributed by atoms with Crippen LogP contribution in [-0.4, -0.2) is 68.4 Å². The molecule has 10 heteroatoms. The van der Waals surface area contributed by atoms with Gasteiger partial charge < -0.3 is 19.1 Å². The van der Waals surface area contributed by atoms with Gasteiger partial charge in [-0.05, 0) is 54.8 Å². The SMILES string of the molecule is COc1ccc(CN2CCCN(c3ccc(Oc4ccc([N+]56CC5CNC6=O)cn4)c(C)c3)C2=O)cc1OC. The number of nitrogens with zero attached hydrogens (tertiary/aromatic N) is 4. The van der Waals surface area contributed by atoms with Gasteiger partial charge in [-0.2, -0.15) is 4.48 Å². The summed E-state index contributed by atoms with van der Waals surface area (Å²) in [5, 5.41) is 2.91. The van der Waals surface area contributed by atoms with Crippen LogP contribution in [0.5, 0.6) is 23.1 Å². The fourth-order valence-corrected chi connectivity index (χ4v) is 5.60. The van der Waals surface area contributed by atoms with Crippen LogP contribution >= 0.6 is 0 Å². The minimum Gasteiger partial charge on any atom is -0.493 e. The van der Waals surface area contributed by atoms with Crippen LogP contribution in [0, 0.1) is 6.92 Å². The van der Waals surface area contributed by atoms with E-state index in [0.717, 1.165) is 42.0 Å². The summed E-state index contributed by atoms with van der Waals surface area (Å²) in [7, 11) is 3.21. The van der Waals surface area contributed by atoms with Crippen molar-refractivity contribution in [2.45, 2.75) is 25.9 Å². The minimum atomic E-state index is -0.0341. The maximum absolute atomic E-state index is 13.4. The molecular formula is C29H32N5O5+. The van der Waals surface area contributed by atoms with E-state index in [-0.39, 0.29) is 12.1 Å². The second-order valence-electron chi connectivity index (χ2n) is 10.2. The fraction of sp³-hybridized carbons (Fsp3) is 0.345. The van der Waals surface area contributed by atoms with Crippen LogP contribution < -0.4 is 28.9 Å². The van der Waals surface area contributed by atoms with Crippen molar-refractivity contribution in [1.82, 2.24) is 19.7 Å². The molecule has 0 bridgehead atoms. The van der Waals surface area contributed by atoms with E-state index in [9.17, 15) is 9.59 Å². The van der Waals surface area contributed by atoms with E-state index >= 15 is 0 Å². The maximum Gasteiger partial charge on any atom is 0.422 e. The van der Waals surface area contributed by atoms with Crippen LogP contribution in [0.4, 0.5) is 21.0 Å². The maximum atomic E-state index is 13.4. The highest BCUT2D eigenvalue weighted by atomic mass is 16.5. The van der Waals surface area contributed by atoms with Crippen LogP contribution in [0.25, 0.3) is 0 Å². The Bertz CT molecular complexity index is 1430. The molecular weight excluding hydrogens is 498 g/mol. The van der Waals surface area contributed by atoms with Crippen molar-refractivity contribution in [3.63, 3.8) is 0 Å². The zero-order valence-electron chi connectivity index (χ0n) is 22.3. The quantitative estimate of drug-likeness (QED) is 0.342. The Morgan fingerprint density at radius 2 is 1.82 bits per heavy atom. The molecule has 0 saturated carbocycles. The third-order valence-corrected chi connectivity index (χ3v) is 7.84. The summed E-state index contributed by atoms with van der Waals surface area (Å²) in [6, 6.07) is 15.5. The Morgan fingerprint density at radius 1 is 1.00 bits per heavy atom. The number of rotatable bonds is 8. The lowest BCUT2D eigenvalue weighted by Crippen LogP contribution is -2.49. The second kappa shape index (κ2) is 9.77. The molecule has 2 unspecified atom stereocenters. The molecule has 3 aromatic rings. The van der Waals surface area contributed by atoms with Crippen molar-refractivity contribution in [3.05, 3.63) is 65.9 Å². The van der Waals surface area contributed by atoms with Crippen molar-refractivity contribution >= 4 is 23.4 Å². The standard InChI is InChI=1S/C29H31N5O5/c1-19-13-21(33-12-4-11-32(29(33)36)17-20-5-8-25(37-2)26(14-20)38-3)6-9-24(19)39-27-10-7-22(15-30-27)34-18-23(34)16-31-28(34)35/h5-10,13-15,23H,4,11-12,16-18H2,1-3H3/p+1. The van der Waals surface area contributed by atoms with E-state index in [1.54, 1.807) is 26.5 Å². The number of anilines is 1. The average Bonchev–Trinajstić information content (AvgIpc) is 3.61. The van der Waals surface area contributed by atoms with Crippen LogP contribution in [0.1, 0.15) is 17.5 Å². The summed E-state index contributed by atoms with van der Waals surface area (Å²) in [6.07, 6.45) is 2.59. The number of methoxy groups -OCH3 is 2. The molecule has 202 valence electrons. The van der Waals surface area contributed by atoms with Gasteiger partial charge in [0.25, 0.3) is 0 Å². The molecule has 4 amide bonds. The molecule has 3 aliphatic heterocycles. The number of quaternary nitrogens is 1. The van der Waals surface area contributed by atoms with E-state index in [2.05, 4.69) is 10.3 Å². The van der Waals surface area contributed by atoms with Gasteiger partial charge in [0.1, 0.15) is 12.3 Å². The number of carbonyl (C=O) groups is 2. The lowest BCUT2D eigenvalue weighted by Gasteiger charge is -2.36. The van der Waals surface area contributed by atoms with Crippen LogP contribution in [0.3, 0.4) is 0 Å². The van der Waals surface area contributed by atoms with Gasteiger partial charge in [-0.1, -0.05) is 6.07 Å². The third kappa shape index (κ3) is 4.40. The predicted molar refractivity (Wildman–Crippen MR) is 147 cm³/mol. The fourth-order valence-electron chi connectivity index (χ4n) is 5.60. The molecule has 6 rings (SSSR count). The first-order valence-corrected chi connectivity index (χ1v) is 13.1. The first-order valence-electron chi connectivity index (χ1n) is 13.1. The lowest BCUT2D eigenvalue weighted by molar-refractivity contribution is 0.192. The summed E-state index contributed by atoms with van der Waals surface area (Å²) in [5.41, 5.74) is 3.59. The molecule has 0 spiro atoms. The van der Waals surface area contributed by atoms with Gasteiger partial charge in [0, 0.05) is 37.5 Å². The molecule has 3 fully saturated rings. The van der Waals surface area contributed by atoms with Gasteiger partial charge in [-0.25, -0.2) is 14.6 Å². The van der Waals surface area contributed by atoms with Crippen molar-refractivity contribution in [2.24, 2.45) is 0 Å². The van der Waals surface area contributed by atoms with E-state index in [0.29, 0.717) is 53.3 Å². The molecule has 2 aromatic carbocycles. The Labute approximate surface area is 227 Å². The molecule has 2 atom stereocenters. The highest BCUT2D eigenvalue weighted by Gasteiger charge is 2.67. The van der Waals surface area contributed by atoms with Crippen molar-refractivity contribution < 1.29 is 23.8 Å². The lowest BCUT2D eigenvalue weighted by atomic mass is 10.1. The van der Waals surface area contributed by atoms with E-state index in [1.807, 2.05) is 59.2 Å². The number of aryl methyl sites for hydroxylation is 1. The number of urea groups is 2. The Morgan fingerprint density at radius 3 is 2.49 bits per heavy atom. The number of ether oxygens (including phenoxy) is 3. The van der Waals surface area contributed by atoms with Crippen molar-refractivity contribution in [1.29, 1.82) is 0 Å². The molecule has 0 aliphatic carbocycles. The smallest absolute Gasteiger partial charge is 0.422 e. The monoisotopic (exact) mass is 530 g/mol. The molecule has 3 saturated heterocycles.